The Hall–Kier alpha value is -3.20. The number of nitrogens with zero attached hydrogens (tertiary/aromatic N) is 1. The molecule has 0 aliphatic heterocycles. The number of fused-ring (bicyclic) bond motifs is 2. The van der Waals surface area contributed by atoms with Gasteiger partial charge in [-0.2, -0.15) is 0 Å². The maximum absolute atomic E-state index is 12.8. The number of furan rings is 1. The molecule has 0 unspecified atom stereocenters. The minimum Gasteiger partial charge on any atom is -0.459 e. The molecule has 5 aromatic rings. The monoisotopic (exact) mass is 453 g/mol. The van der Waals surface area contributed by atoms with E-state index in [1.54, 1.807) is 24.3 Å². The molecule has 2 amide bonds. The quantitative estimate of drug-likeness (QED) is 0.336. The van der Waals surface area contributed by atoms with Crippen molar-refractivity contribution in [2.24, 2.45) is 0 Å². The SMILES string of the molecule is O=C(Nc1nc2ccc(NC(=O)c3sc4ccccc4c3Cl)cc2s1)c1ccco1. The lowest BCUT2D eigenvalue weighted by molar-refractivity contribution is 0.0995. The summed E-state index contributed by atoms with van der Waals surface area (Å²) in [6, 6.07) is 16.2. The molecule has 2 N–H and O–H groups in total. The largest absolute Gasteiger partial charge is 0.459 e. The summed E-state index contributed by atoms with van der Waals surface area (Å²) >= 11 is 9.06. The topological polar surface area (TPSA) is 84.2 Å². The van der Waals surface area contributed by atoms with Crippen molar-refractivity contribution in [2.75, 3.05) is 10.6 Å². The molecular weight excluding hydrogens is 442 g/mol. The molecule has 2 aromatic carbocycles. The molecule has 0 aliphatic rings. The molecule has 0 bridgehead atoms. The normalized spacial score (nSPS) is 11.1. The molecule has 148 valence electrons. The molecule has 5 rings (SSSR count). The van der Waals surface area contributed by atoms with Crippen molar-refractivity contribution in [2.45, 2.75) is 0 Å². The van der Waals surface area contributed by atoms with Crippen molar-refractivity contribution < 1.29 is 14.0 Å². The Morgan fingerprint density at radius 1 is 0.933 bits per heavy atom. The second-order valence-corrected chi connectivity index (χ2v) is 8.79. The number of carbonyl (C=O) groups is 2. The molecule has 0 saturated carbocycles. The Balaban J connectivity index is 1.37. The standard InChI is InChI=1S/C21H12ClN3O3S2/c22-17-12-4-1-2-6-15(12)29-18(17)20(27)23-11-7-8-13-16(10-11)30-21(24-13)25-19(26)14-5-3-9-28-14/h1-10H,(H,23,27)(H,24,25,26). The van der Waals surface area contributed by atoms with Crippen molar-refractivity contribution in [3.63, 3.8) is 0 Å². The van der Waals surface area contributed by atoms with Gasteiger partial charge >= 0.3 is 0 Å². The maximum atomic E-state index is 12.8. The van der Waals surface area contributed by atoms with Crippen LogP contribution in [0.4, 0.5) is 10.8 Å². The summed E-state index contributed by atoms with van der Waals surface area (Å²) < 4.78 is 6.87. The zero-order valence-corrected chi connectivity index (χ0v) is 17.5. The number of benzene rings is 2. The molecule has 0 spiro atoms. The molecule has 3 heterocycles. The smallest absolute Gasteiger partial charge is 0.293 e. The summed E-state index contributed by atoms with van der Waals surface area (Å²) in [5.41, 5.74) is 1.33. The molecule has 0 fully saturated rings. The van der Waals surface area contributed by atoms with Gasteiger partial charge in [-0.1, -0.05) is 41.1 Å². The second kappa shape index (κ2) is 7.56. The molecule has 0 atom stereocenters. The van der Waals surface area contributed by atoms with Gasteiger partial charge in [-0.15, -0.1) is 11.3 Å². The highest BCUT2D eigenvalue weighted by Crippen LogP contribution is 2.36. The molecule has 0 aliphatic carbocycles. The van der Waals surface area contributed by atoms with Crippen LogP contribution in [-0.4, -0.2) is 16.8 Å². The fraction of sp³-hybridized carbons (Fsp3) is 0. The van der Waals surface area contributed by atoms with Crippen molar-refractivity contribution >= 4 is 77.2 Å². The van der Waals surface area contributed by atoms with Gasteiger partial charge < -0.3 is 9.73 Å². The fourth-order valence-electron chi connectivity index (χ4n) is 2.97. The maximum Gasteiger partial charge on any atom is 0.293 e. The predicted octanol–water partition coefficient (Wildman–Crippen LogP) is 6.26. The van der Waals surface area contributed by atoms with E-state index < -0.39 is 0 Å². The first-order valence-corrected chi connectivity index (χ1v) is 10.8. The number of carbonyl (C=O) groups excluding carboxylic acids is 2. The third-order valence-electron chi connectivity index (χ3n) is 4.35. The molecule has 0 radical (unpaired) electrons. The number of nitrogens with one attached hydrogen (secondary N) is 2. The number of thiophene rings is 1. The summed E-state index contributed by atoms with van der Waals surface area (Å²) in [5.74, 6) is -0.425. The lowest BCUT2D eigenvalue weighted by atomic mass is 10.2. The van der Waals surface area contributed by atoms with Crippen LogP contribution in [0.15, 0.2) is 65.3 Å². The number of amides is 2. The van der Waals surface area contributed by atoms with E-state index in [0.29, 0.717) is 26.2 Å². The van der Waals surface area contributed by atoms with Crippen LogP contribution in [0, 0.1) is 0 Å². The van der Waals surface area contributed by atoms with E-state index in [0.717, 1.165) is 14.8 Å². The van der Waals surface area contributed by atoms with Crippen LogP contribution in [0.3, 0.4) is 0 Å². The highest BCUT2D eigenvalue weighted by molar-refractivity contribution is 7.22. The van der Waals surface area contributed by atoms with Gasteiger partial charge in [0.25, 0.3) is 11.8 Å². The zero-order chi connectivity index (χ0) is 20.7. The molecule has 6 nitrogen and oxygen atoms in total. The lowest BCUT2D eigenvalue weighted by Gasteiger charge is -2.03. The molecule has 30 heavy (non-hydrogen) atoms. The van der Waals surface area contributed by atoms with Gasteiger partial charge in [-0.05, 0) is 36.4 Å². The van der Waals surface area contributed by atoms with Crippen LogP contribution in [0.2, 0.25) is 5.02 Å². The number of thiazole rings is 1. The lowest BCUT2D eigenvalue weighted by Crippen LogP contribution is -2.10. The highest BCUT2D eigenvalue weighted by atomic mass is 35.5. The fourth-order valence-corrected chi connectivity index (χ4v) is 5.28. The highest BCUT2D eigenvalue weighted by Gasteiger charge is 2.18. The first-order valence-electron chi connectivity index (χ1n) is 8.82. The molecular formula is C21H12ClN3O3S2. The number of halogens is 1. The van der Waals surface area contributed by atoms with Gasteiger partial charge in [0.15, 0.2) is 10.9 Å². The first kappa shape index (κ1) is 18.8. The summed E-state index contributed by atoms with van der Waals surface area (Å²) in [7, 11) is 0. The van der Waals surface area contributed by atoms with Gasteiger partial charge in [0, 0.05) is 15.8 Å². The van der Waals surface area contributed by atoms with Crippen molar-refractivity contribution in [1.82, 2.24) is 4.98 Å². The van der Waals surface area contributed by atoms with Gasteiger partial charge in [0.1, 0.15) is 4.88 Å². The minimum absolute atomic E-state index is 0.211. The second-order valence-electron chi connectivity index (χ2n) is 6.33. The number of hydrogen-bond donors (Lipinski definition) is 2. The van der Waals surface area contributed by atoms with Crippen LogP contribution in [0.5, 0.6) is 0 Å². The van der Waals surface area contributed by atoms with E-state index in [9.17, 15) is 9.59 Å². The van der Waals surface area contributed by atoms with Crippen molar-refractivity contribution in [3.05, 3.63) is 76.5 Å². The minimum atomic E-state index is -0.369. The Labute approximate surface area is 183 Å². The third kappa shape index (κ3) is 3.45. The van der Waals surface area contributed by atoms with Crippen LogP contribution < -0.4 is 10.6 Å². The third-order valence-corrected chi connectivity index (χ3v) is 6.96. The average Bonchev–Trinajstić information content (AvgIpc) is 3.47. The Kier molecular flexibility index (Phi) is 4.74. The first-order chi connectivity index (χ1) is 14.6. The van der Waals surface area contributed by atoms with Crippen LogP contribution >= 0.6 is 34.3 Å². The Bertz CT molecular complexity index is 1410. The summed E-state index contributed by atoms with van der Waals surface area (Å²) in [6.45, 7) is 0. The van der Waals surface area contributed by atoms with E-state index in [1.165, 1.54) is 28.9 Å². The summed E-state index contributed by atoms with van der Waals surface area (Å²) in [6.07, 6.45) is 1.44. The molecule has 0 saturated heterocycles. The van der Waals surface area contributed by atoms with Gasteiger partial charge in [-0.25, -0.2) is 4.98 Å². The van der Waals surface area contributed by atoms with Crippen molar-refractivity contribution in [1.29, 1.82) is 0 Å². The molecule has 9 heteroatoms. The Morgan fingerprint density at radius 3 is 2.60 bits per heavy atom. The van der Waals surface area contributed by atoms with Crippen LogP contribution in [0.25, 0.3) is 20.3 Å². The number of rotatable bonds is 4. The van der Waals surface area contributed by atoms with E-state index in [2.05, 4.69) is 15.6 Å². The summed E-state index contributed by atoms with van der Waals surface area (Å²) in [5, 5.41) is 7.37. The van der Waals surface area contributed by atoms with Gasteiger partial charge in [0.2, 0.25) is 0 Å². The van der Waals surface area contributed by atoms with Gasteiger partial charge in [-0.3, -0.25) is 14.9 Å². The number of anilines is 2. The van der Waals surface area contributed by atoms with Crippen LogP contribution in [0.1, 0.15) is 20.2 Å². The van der Waals surface area contributed by atoms with E-state index >= 15 is 0 Å². The summed E-state index contributed by atoms with van der Waals surface area (Å²) in [4.78, 5) is 29.7. The van der Waals surface area contributed by atoms with E-state index in [1.807, 2.05) is 30.3 Å². The average molecular weight is 454 g/mol. The van der Waals surface area contributed by atoms with E-state index in [-0.39, 0.29) is 17.6 Å². The van der Waals surface area contributed by atoms with Crippen molar-refractivity contribution in [3.8, 4) is 0 Å². The van der Waals surface area contributed by atoms with Crippen LogP contribution in [-0.2, 0) is 0 Å². The zero-order valence-electron chi connectivity index (χ0n) is 15.1. The number of aromatic nitrogens is 1. The molecule has 3 aromatic heterocycles. The van der Waals surface area contributed by atoms with E-state index in [4.69, 9.17) is 16.0 Å². The Morgan fingerprint density at radius 2 is 1.80 bits per heavy atom. The number of hydrogen-bond acceptors (Lipinski definition) is 6. The predicted molar refractivity (Wildman–Crippen MR) is 121 cm³/mol. The van der Waals surface area contributed by atoms with Gasteiger partial charge in [0.05, 0.1) is 21.5 Å².